The lowest BCUT2D eigenvalue weighted by Crippen LogP contribution is -2.15. The number of hydrogen-bond donors (Lipinski definition) is 2. The molecule has 1 aromatic rings. The van der Waals surface area contributed by atoms with Crippen molar-refractivity contribution in [1.82, 2.24) is 0 Å². The molecule has 0 unspecified atom stereocenters. The fraction of sp³-hybridized carbons (Fsp3) is 0.680. The van der Waals surface area contributed by atoms with Gasteiger partial charge >= 0.3 is 12.2 Å². The monoisotopic (exact) mass is 451 g/mol. The third-order valence-corrected chi connectivity index (χ3v) is 5.33. The van der Waals surface area contributed by atoms with Crippen LogP contribution in [0.3, 0.4) is 0 Å². The number of para-hydroxylation sites is 1. The van der Waals surface area contributed by atoms with Crippen molar-refractivity contribution in [2.24, 2.45) is 0 Å². The summed E-state index contributed by atoms with van der Waals surface area (Å²) >= 11 is 0. The Morgan fingerprint density at radius 2 is 1.44 bits per heavy atom. The lowest BCUT2D eigenvalue weighted by Gasteiger charge is -2.14. The smallest absolute Gasteiger partial charge is 0.494 e. The molecular weight excluding hydrogens is 410 g/mol. The second kappa shape index (κ2) is 18.2. The molecule has 0 aliphatic rings. The largest absolute Gasteiger partial charge is 0.505 e. The van der Waals surface area contributed by atoms with Crippen LogP contribution in [0.4, 0.5) is 15.3 Å². The van der Waals surface area contributed by atoms with E-state index in [1.165, 1.54) is 25.7 Å². The lowest BCUT2D eigenvalue weighted by molar-refractivity contribution is 0.0899. The van der Waals surface area contributed by atoms with Crippen molar-refractivity contribution in [3.8, 4) is 5.75 Å². The molecule has 2 N–H and O–H groups in total. The van der Waals surface area contributed by atoms with Gasteiger partial charge in [0.25, 0.3) is 0 Å². The predicted molar refractivity (Wildman–Crippen MR) is 127 cm³/mol. The van der Waals surface area contributed by atoms with E-state index < -0.39 is 12.2 Å². The second-order valence-electron chi connectivity index (χ2n) is 8.01. The van der Waals surface area contributed by atoms with Gasteiger partial charge in [-0.3, -0.25) is 5.32 Å². The Labute approximate surface area is 192 Å². The van der Waals surface area contributed by atoms with Crippen LogP contribution in [0.5, 0.6) is 5.75 Å². The molecule has 0 aliphatic heterocycles. The van der Waals surface area contributed by atoms with Crippen LogP contribution in [0.2, 0.25) is 0 Å². The maximum Gasteiger partial charge on any atom is 0.505 e. The third kappa shape index (κ3) is 13.1. The number of unbranched alkanes of at least 4 members (excludes halogenated alkanes) is 10. The molecular formula is C25H41NO6. The number of carbonyl (C=O) groups is 2. The molecule has 7 heteroatoms. The number of carboxylic acid groups (broad SMARTS) is 1. The topological polar surface area (TPSA) is 94.1 Å². The summed E-state index contributed by atoms with van der Waals surface area (Å²) in [6, 6.07) is 5.77. The summed E-state index contributed by atoms with van der Waals surface area (Å²) < 4.78 is 15.4. The molecule has 1 rings (SSSR count). The van der Waals surface area contributed by atoms with E-state index in [1.54, 1.807) is 7.11 Å². The number of ether oxygens (including phenoxy) is 3. The van der Waals surface area contributed by atoms with Crippen LogP contribution in [-0.2, 0) is 15.9 Å². The van der Waals surface area contributed by atoms with Crippen molar-refractivity contribution < 1.29 is 28.9 Å². The Kier molecular flexibility index (Phi) is 15.7. The number of aryl methyl sites for hydroxylation is 1. The molecule has 0 fully saturated rings. The first-order valence-corrected chi connectivity index (χ1v) is 12.0. The summed E-state index contributed by atoms with van der Waals surface area (Å²) in [5, 5.41) is 11.2. The normalized spacial score (nSPS) is 10.6. The van der Waals surface area contributed by atoms with Gasteiger partial charge in [0.2, 0.25) is 0 Å². The highest BCUT2D eigenvalue weighted by Crippen LogP contribution is 2.30. The summed E-state index contributed by atoms with van der Waals surface area (Å²) in [5.41, 5.74) is 1.70. The van der Waals surface area contributed by atoms with Crippen LogP contribution in [0.25, 0.3) is 0 Å². The molecule has 0 spiro atoms. The molecule has 0 heterocycles. The van der Waals surface area contributed by atoms with E-state index >= 15 is 0 Å². The van der Waals surface area contributed by atoms with Crippen LogP contribution >= 0.6 is 0 Å². The van der Waals surface area contributed by atoms with E-state index in [2.05, 4.69) is 17.0 Å². The zero-order chi connectivity index (χ0) is 23.4. The zero-order valence-electron chi connectivity index (χ0n) is 19.8. The number of nitrogens with one attached hydrogen (secondary N) is 1. The molecule has 32 heavy (non-hydrogen) atoms. The van der Waals surface area contributed by atoms with Crippen molar-refractivity contribution in [3.63, 3.8) is 0 Å². The quantitative estimate of drug-likeness (QED) is 0.181. The molecule has 0 aromatic heterocycles. The fourth-order valence-electron chi connectivity index (χ4n) is 3.60. The van der Waals surface area contributed by atoms with Crippen molar-refractivity contribution >= 4 is 17.9 Å². The Hall–Kier alpha value is -2.44. The van der Waals surface area contributed by atoms with E-state index in [4.69, 9.17) is 14.6 Å². The summed E-state index contributed by atoms with van der Waals surface area (Å²) in [5.74, 6) is 0.690. The molecule has 0 radical (unpaired) electrons. The third-order valence-electron chi connectivity index (χ3n) is 5.33. The van der Waals surface area contributed by atoms with E-state index in [-0.39, 0.29) is 6.61 Å². The van der Waals surface area contributed by atoms with Crippen molar-refractivity contribution in [3.05, 3.63) is 23.8 Å². The van der Waals surface area contributed by atoms with Gasteiger partial charge in [0.1, 0.15) is 5.75 Å². The maximum atomic E-state index is 12.1. The molecule has 0 aliphatic carbocycles. The van der Waals surface area contributed by atoms with Gasteiger partial charge in [0.05, 0.1) is 26.0 Å². The number of hydrogen-bond acceptors (Lipinski definition) is 5. The van der Waals surface area contributed by atoms with Gasteiger partial charge in [-0.25, -0.2) is 9.59 Å². The molecule has 182 valence electrons. The number of amides is 1. The summed E-state index contributed by atoms with van der Waals surface area (Å²) in [6.07, 6.45) is 12.1. The number of anilines is 1. The standard InChI is InChI=1S/C25H41NO6/c1-3-4-5-6-10-13-19-31-24(27)26-22-18-15-17-21(23(22)30-2)16-12-9-7-8-11-14-20-32-25(28)29/h15,17-18H,3-14,16,19-20H2,1-2H3,(H,26,27)(H,28,29). The highest BCUT2D eigenvalue weighted by Gasteiger charge is 2.12. The van der Waals surface area contributed by atoms with Crippen molar-refractivity contribution in [1.29, 1.82) is 0 Å². The van der Waals surface area contributed by atoms with E-state index in [0.717, 1.165) is 63.4 Å². The summed E-state index contributed by atoms with van der Waals surface area (Å²) in [4.78, 5) is 22.4. The minimum absolute atomic E-state index is 0.272. The predicted octanol–water partition coefficient (Wildman–Crippen LogP) is 7.18. The van der Waals surface area contributed by atoms with Crippen LogP contribution in [0.1, 0.15) is 89.5 Å². The summed E-state index contributed by atoms with van der Waals surface area (Å²) in [7, 11) is 1.62. The molecule has 0 bridgehead atoms. The molecule has 0 saturated heterocycles. The van der Waals surface area contributed by atoms with Gasteiger partial charge in [-0.15, -0.1) is 0 Å². The first-order chi connectivity index (χ1) is 15.6. The van der Waals surface area contributed by atoms with Gasteiger partial charge in [0, 0.05) is 0 Å². The second-order valence-corrected chi connectivity index (χ2v) is 8.01. The Balaban J connectivity index is 2.29. The number of methoxy groups -OCH3 is 1. The van der Waals surface area contributed by atoms with Crippen LogP contribution in [0, 0.1) is 0 Å². The van der Waals surface area contributed by atoms with Gasteiger partial charge in [-0.05, 0) is 37.3 Å². The SMILES string of the molecule is CCCCCCCCOC(=O)Nc1cccc(CCCCCCCCOC(=O)O)c1OC. The maximum absolute atomic E-state index is 12.1. The highest BCUT2D eigenvalue weighted by atomic mass is 16.7. The van der Waals surface area contributed by atoms with Gasteiger partial charge in [0.15, 0.2) is 0 Å². The average Bonchev–Trinajstić information content (AvgIpc) is 2.77. The Morgan fingerprint density at radius 3 is 2.06 bits per heavy atom. The van der Waals surface area contributed by atoms with Crippen LogP contribution < -0.4 is 10.1 Å². The average molecular weight is 452 g/mol. The zero-order valence-corrected chi connectivity index (χ0v) is 19.8. The first kappa shape index (κ1) is 27.6. The van der Waals surface area contributed by atoms with Crippen molar-refractivity contribution in [2.75, 3.05) is 25.6 Å². The fourth-order valence-corrected chi connectivity index (χ4v) is 3.60. The lowest BCUT2D eigenvalue weighted by atomic mass is 10.0. The van der Waals surface area contributed by atoms with Crippen LogP contribution in [-0.4, -0.2) is 37.7 Å². The van der Waals surface area contributed by atoms with Gasteiger partial charge in [-0.1, -0.05) is 76.8 Å². The van der Waals surface area contributed by atoms with Gasteiger partial charge in [-0.2, -0.15) is 0 Å². The Morgan fingerprint density at radius 1 is 0.844 bits per heavy atom. The van der Waals surface area contributed by atoms with E-state index in [9.17, 15) is 9.59 Å². The van der Waals surface area contributed by atoms with Crippen LogP contribution in [0.15, 0.2) is 18.2 Å². The minimum atomic E-state index is -1.21. The number of benzene rings is 1. The molecule has 1 amide bonds. The Bertz CT molecular complexity index is 649. The molecule has 1 aromatic carbocycles. The molecule has 0 saturated carbocycles. The molecule has 0 atom stereocenters. The highest BCUT2D eigenvalue weighted by molar-refractivity contribution is 5.87. The summed E-state index contributed by atoms with van der Waals surface area (Å²) in [6.45, 7) is 2.90. The van der Waals surface area contributed by atoms with Gasteiger partial charge < -0.3 is 19.3 Å². The minimum Gasteiger partial charge on any atom is -0.494 e. The number of carbonyl (C=O) groups excluding carboxylic acids is 1. The van der Waals surface area contributed by atoms with E-state index in [0.29, 0.717) is 18.0 Å². The first-order valence-electron chi connectivity index (χ1n) is 12.0. The number of rotatable bonds is 18. The van der Waals surface area contributed by atoms with E-state index in [1.807, 2.05) is 18.2 Å². The molecule has 7 nitrogen and oxygen atoms in total. The van der Waals surface area contributed by atoms with Crippen molar-refractivity contribution in [2.45, 2.75) is 90.4 Å².